The quantitative estimate of drug-likeness (QED) is 0.378. The highest BCUT2D eigenvalue weighted by atomic mass is 16.5. The van der Waals surface area contributed by atoms with E-state index < -0.39 is 0 Å². The number of ether oxygens (including phenoxy) is 3. The Bertz CT molecular complexity index is 692. The van der Waals surface area contributed by atoms with Crippen LogP contribution in [0.1, 0.15) is 25.3 Å². The second-order valence-electron chi connectivity index (χ2n) is 7.18. The molecule has 1 aromatic rings. The monoisotopic (exact) mass is 421 g/mol. The number of nitrogens with one attached hydrogen (secondary N) is 2. The smallest absolute Gasteiger partial charge is 0.231 e. The Labute approximate surface area is 178 Å². The molecular formula is C21H35N5O4. The molecule has 0 spiro atoms. The topological polar surface area (TPSA) is 110 Å². The van der Waals surface area contributed by atoms with E-state index in [0.717, 1.165) is 55.5 Å². The molecule has 9 heteroatoms. The molecule has 0 radical (unpaired) electrons. The number of nitrogens with zero attached hydrogens (tertiary/aromatic N) is 2. The van der Waals surface area contributed by atoms with Crippen LogP contribution >= 0.6 is 0 Å². The van der Waals surface area contributed by atoms with Gasteiger partial charge in [-0.15, -0.1) is 0 Å². The van der Waals surface area contributed by atoms with Crippen LogP contribution in [-0.4, -0.2) is 76.9 Å². The summed E-state index contributed by atoms with van der Waals surface area (Å²) in [7, 11) is 4.89. The van der Waals surface area contributed by atoms with Gasteiger partial charge in [0.2, 0.25) is 5.91 Å². The van der Waals surface area contributed by atoms with Gasteiger partial charge in [-0.25, -0.2) is 0 Å². The van der Waals surface area contributed by atoms with Crippen molar-refractivity contribution in [1.29, 1.82) is 0 Å². The predicted molar refractivity (Wildman–Crippen MR) is 118 cm³/mol. The zero-order valence-corrected chi connectivity index (χ0v) is 18.5. The third-order valence-corrected chi connectivity index (χ3v) is 5.10. The van der Waals surface area contributed by atoms with Crippen LogP contribution in [-0.2, 0) is 11.2 Å². The van der Waals surface area contributed by atoms with Gasteiger partial charge in [-0.1, -0.05) is 0 Å². The first-order valence-corrected chi connectivity index (χ1v) is 10.3. The summed E-state index contributed by atoms with van der Waals surface area (Å²) in [6.45, 7) is 5.42. The molecule has 1 amide bonds. The van der Waals surface area contributed by atoms with E-state index in [1.165, 1.54) is 0 Å². The van der Waals surface area contributed by atoms with Gasteiger partial charge in [0.1, 0.15) is 17.2 Å². The van der Waals surface area contributed by atoms with Crippen molar-refractivity contribution in [3.8, 4) is 17.2 Å². The van der Waals surface area contributed by atoms with Crippen LogP contribution in [0.25, 0.3) is 0 Å². The van der Waals surface area contributed by atoms with Crippen LogP contribution in [0.15, 0.2) is 17.1 Å². The molecule has 30 heavy (non-hydrogen) atoms. The van der Waals surface area contributed by atoms with Crippen molar-refractivity contribution in [2.75, 3.05) is 54.1 Å². The highest BCUT2D eigenvalue weighted by Gasteiger charge is 2.21. The standard InChI is InChI=1S/C21H35N5O4/c1-5-23-21(25-15-7-10-26(11-8-15)14-20(22)27)24-9-6-17-18(29-3)12-16(28-2)13-19(17)30-4/h12-13,15H,5-11,14H2,1-4H3,(H2,22,27)(H2,23,24,25). The van der Waals surface area contributed by atoms with Gasteiger partial charge in [-0.3, -0.25) is 14.7 Å². The molecule has 0 aromatic heterocycles. The number of hydrogen-bond donors (Lipinski definition) is 3. The Hall–Kier alpha value is -2.68. The third-order valence-electron chi connectivity index (χ3n) is 5.10. The third kappa shape index (κ3) is 6.98. The Balaban J connectivity index is 1.98. The molecule has 4 N–H and O–H groups in total. The van der Waals surface area contributed by atoms with Crippen molar-refractivity contribution in [2.24, 2.45) is 10.7 Å². The predicted octanol–water partition coefficient (Wildman–Crippen LogP) is 0.760. The van der Waals surface area contributed by atoms with E-state index in [-0.39, 0.29) is 5.91 Å². The number of methoxy groups -OCH3 is 3. The summed E-state index contributed by atoms with van der Waals surface area (Å²) < 4.78 is 16.3. The van der Waals surface area contributed by atoms with Gasteiger partial charge in [-0.05, 0) is 26.2 Å². The molecule has 2 rings (SSSR count). The van der Waals surface area contributed by atoms with E-state index in [1.807, 2.05) is 19.1 Å². The molecule has 1 aliphatic rings. The van der Waals surface area contributed by atoms with Gasteiger partial charge in [0.25, 0.3) is 0 Å². The van der Waals surface area contributed by atoms with E-state index in [9.17, 15) is 4.79 Å². The van der Waals surface area contributed by atoms with Crippen LogP contribution in [0.4, 0.5) is 0 Å². The number of aliphatic imine (C=N–C) groups is 1. The van der Waals surface area contributed by atoms with Crippen LogP contribution in [0, 0.1) is 0 Å². The van der Waals surface area contributed by atoms with Crippen molar-refractivity contribution < 1.29 is 19.0 Å². The van der Waals surface area contributed by atoms with Gasteiger partial charge in [0.15, 0.2) is 5.96 Å². The highest BCUT2D eigenvalue weighted by Crippen LogP contribution is 2.34. The lowest BCUT2D eigenvalue weighted by atomic mass is 10.1. The maximum absolute atomic E-state index is 11.1. The number of benzene rings is 1. The summed E-state index contributed by atoms with van der Waals surface area (Å²) in [5, 5.41) is 6.81. The first-order chi connectivity index (χ1) is 14.5. The van der Waals surface area contributed by atoms with Gasteiger partial charge >= 0.3 is 0 Å². The molecule has 0 unspecified atom stereocenters. The maximum Gasteiger partial charge on any atom is 0.231 e. The largest absolute Gasteiger partial charge is 0.496 e. The van der Waals surface area contributed by atoms with Crippen molar-refractivity contribution in [3.05, 3.63) is 17.7 Å². The first kappa shape index (κ1) is 23.6. The van der Waals surface area contributed by atoms with Crippen LogP contribution in [0.2, 0.25) is 0 Å². The van der Waals surface area contributed by atoms with Gasteiger partial charge in [-0.2, -0.15) is 0 Å². The molecule has 1 heterocycles. The second-order valence-corrected chi connectivity index (χ2v) is 7.18. The van der Waals surface area contributed by atoms with E-state index in [2.05, 4.69) is 15.5 Å². The average molecular weight is 422 g/mol. The minimum atomic E-state index is -0.277. The number of piperidine rings is 1. The van der Waals surface area contributed by atoms with Gasteiger partial charge in [0, 0.05) is 49.9 Å². The minimum absolute atomic E-state index is 0.277. The molecule has 1 fully saturated rings. The lowest BCUT2D eigenvalue weighted by molar-refractivity contribution is -0.119. The Kier molecular flexibility index (Phi) is 9.53. The molecule has 0 aliphatic carbocycles. The summed E-state index contributed by atoms with van der Waals surface area (Å²) in [5.74, 6) is 2.65. The van der Waals surface area contributed by atoms with Crippen molar-refractivity contribution in [2.45, 2.75) is 32.2 Å². The van der Waals surface area contributed by atoms with E-state index in [1.54, 1.807) is 21.3 Å². The highest BCUT2D eigenvalue weighted by molar-refractivity contribution is 5.80. The number of hydrogen-bond acceptors (Lipinski definition) is 6. The number of carbonyl (C=O) groups excluding carboxylic acids is 1. The molecule has 0 atom stereocenters. The number of rotatable bonds is 10. The Morgan fingerprint density at radius 3 is 2.30 bits per heavy atom. The summed E-state index contributed by atoms with van der Waals surface area (Å²) in [6, 6.07) is 4.02. The minimum Gasteiger partial charge on any atom is -0.496 e. The fraction of sp³-hybridized carbons (Fsp3) is 0.619. The summed E-state index contributed by atoms with van der Waals surface area (Å²) in [6.07, 6.45) is 2.56. The molecule has 1 saturated heterocycles. The number of nitrogens with two attached hydrogens (primary N) is 1. The fourth-order valence-corrected chi connectivity index (χ4v) is 3.57. The Morgan fingerprint density at radius 1 is 1.17 bits per heavy atom. The van der Waals surface area contributed by atoms with Crippen LogP contribution in [0.3, 0.4) is 0 Å². The molecule has 0 saturated carbocycles. The summed E-state index contributed by atoms with van der Waals surface area (Å²) in [4.78, 5) is 17.9. The van der Waals surface area contributed by atoms with Gasteiger partial charge < -0.3 is 30.6 Å². The Morgan fingerprint density at radius 2 is 1.80 bits per heavy atom. The summed E-state index contributed by atoms with van der Waals surface area (Å²) >= 11 is 0. The van der Waals surface area contributed by atoms with Gasteiger partial charge in [0.05, 0.1) is 27.9 Å². The maximum atomic E-state index is 11.1. The van der Waals surface area contributed by atoms with Crippen molar-refractivity contribution in [3.63, 3.8) is 0 Å². The second kappa shape index (κ2) is 12.1. The average Bonchev–Trinajstić information content (AvgIpc) is 2.74. The number of likely N-dealkylation sites (tertiary alicyclic amines) is 1. The zero-order chi connectivity index (χ0) is 21.9. The number of guanidine groups is 1. The SMILES string of the molecule is CCNC(=NCCc1c(OC)cc(OC)cc1OC)NC1CCN(CC(N)=O)CC1. The van der Waals surface area contributed by atoms with Crippen LogP contribution in [0.5, 0.6) is 17.2 Å². The molecule has 1 aromatic carbocycles. The normalized spacial score (nSPS) is 15.5. The lowest BCUT2D eigenvalue weighted by Crippen LogP contribution is -2.49. The summed E-state index contributed by atoms with van der Waals surface area (Å²) in [5.41, 5.74) is 6.25. The number of amides is 1. The number of primary amides is 1. The number of carbonyl (C=O) groups is 1. The molecule has 9 nitrogen and oxygen atoms in total. The molecule has 1 aliphatic heterocycles. The zero-order valence-electron chi connectivity index (χ0n) is 18.5. The van der Waals surface area contributed by atoms with Crippen molar-refractivity contribution >= 4 is 11.9 Å². The first-order valence-electron chi connectivity index (χ1n) is 10.3. The van der Waals surface area contributed by atoms with E-state index >= 15 is 0 Å². The fourth-order valence-electron chi connectivity index (χ4n) is 3.57. The van der Waals surface area contributed by atoms with E-state index in [0.29, 0.717) is 31.3 Å². The van der Waals surface area contributed by atoms with Crippen LogP contribution < -0.4 is 30.6 Å². The molecular weight excluding hydrogens is 386 g/mol. The van der Waals surface area contributed by atoms with Crippen molar-refractivity contribution in [1.82, 2.24) is 15.5 Å². The molecule has 168 valence electrons. The van der Waals surface area contributed by atoms with E-state index in [4.69, 9.17) is 24.9 Å². The lowest BCUT2D eigenvalue weighted by Gasteiger charge is -2.32. The molecule has 0 bridgehead atoms.